The number of nitrogens with one attached hydrogen (secondary N) is 1. The summed E-state index contributed by atoms with van der Waals surface area (Å²) in [6.07, 6.45) is 1.23. The predicted molar refractivity (Wildman–Crippen MR) is 58.3 cm³/mol. The Bertz CT molecular complexity index is 274. The number of amides is 2. The number of hydrogen-bond donors (Lipinski definition) is 1. The molecule has 1 aliphatic rings. The fourth-order valence-corrected chi connectivity index (χ4v) is 1.70. The second kappa shape index (κ2) is 4.31. The van der Waals surface area contributed by atoms with E-state index < -0.39 is 0 Å². The average Bonchev–Trinajstić information content (AvgIpc) is 2.41. The highest BCUT2D eigenvalue weighted by Gasteiger charge is 2.39. The highest BCUT2D eigenvalue weighted by Crippen LogP contribution is 2.17. The van der Waals surface area contributed by atoms with Crippen LogP contribution in [0.3, 0.4) is 0 Å². The van der Waals surface area contributed by atoms with Crippen LogP contribution in [0.25, 0.3) is 0 Å². The molecule has 0 bridgehead atoms. The fourth-order valence-electron chi connectivity index (χ4n) is 1.70. The van der Waals surface area contributed by atoms with E-state index >= 15 is 0 Å². The van der Waals surface area contributed by atoms with Gasteiger partial charge < -0.3 is 5.32 Å². The van der Waals surface area contributed by atoms with Crippen LogP contribution in [0.1, 0.15) is 40.5 Å². The van der Waals surface area contributed by atoms with E-state index in [1.165, 1.54) is 4.90 Å². The van der Waals surface area contributed by atoms with Gasteiger partial charge in [-0.05, 0) is 27.2 Å². The molecular formula is C11H20N2O2. The minimum Gasteiger partial charge on any atom is -0.300 e. The summed E-state index contributed by atoms with van der Waals surface area (Å²) in [6.45, 7) is 8.44. The summed E-state index contributed by atoms with van der Waals surface area (Å²) < 4.78 is 0. The summed E-state index contributed by atoms with van der Waals surface area (Å²) in [5.74, 6) is -0.143. The van der Waals surface area contributed by atoms with Crippen molar-refractivity contribution in [3.05, 3.63) is 0 Å². The van der Waals surface area contributed by atoms with Gasteiger partial charge in [0.1, 0.15) is 0 Å². The van der Waals surface area contributed by atoms with Gasteiger partial charge in [-0.3, -0.25) is 14.5 Å². The minimum atomic E-state index is -0.326. The summed E-state index contributed by atoms with van der Waals surface area (Å²) in [4.78, 5) is 24.6. The zero-order valence-electron chi connectivity index (χ0n) is 9.96. The van der Waals surface area contributed by atoms with Crippen LogP contribution in [-0.2, 0) is 9.59 Å². The van der Waals surface area contributed by atoms with E-state index in [-0.39, 0.29) is 23.4 Å². The Balaban J connectivity index is 2.67. The molecule has 0 radical (unpaired) electrons. The smallest absolute Gasteiger partial charge is 0.246 e. The first kappa shape index (κ1) is 12.2. The molecule has 4 nitrogen and oxygen atoms in total. The first-order valence-electron chi connectivity index (χ1n) is 5.53. The predicted octanol–water partition coefficient (Wildman–Crippen LogP) is 0.912. The molecule has 0 spiro atoms. The summed E-state index contributed by atoms with van der Waals surface area (Å²) in [5, 5.41) is 3.24. The lowest BCUT2D eigenvalue weighted by atomic mass is 10.00. The topological polar surface area (TPSA) is 49.4 Å². The second-order valence-corrected chi connectivity index (χ2v) is 4.61. The molecule has 0 aromatic heterocycles. The lowest BCUT2D eigenvalue weighted by molar-refractivity contribution is -0.138. The Hall–Kier alpha value is -0.900. The van der Waals surface area contributed by atoms with Gasteiger partial charge in [0.25, 0.3) is 0 Å². The van der Waals surface area contributed by atoms with Crippen molar-refractivity contribution in [2.45, 2.75) is 52.1 Å². The van der Waals surface area contributed by atoms with E-state index in [9.17, 15) is 9.59 Å². The van der Waals surface area contributed by atoms with Crippen molar-refractivity contribution in [2.24, 2.45) is 0 Å². The van der Waals surface area contributed by atoms with E-state index in [1.54, 1.807) is 0 Å². The molecule has 0 aromatic carbocycles. The Morgan fingerprint density at radius 2 is 2.00 bits per heavy atom. The third kappa shape index (κ3) is 2.56. The second-order valence-electron chi connectivity index (χ2n) is 4.61. The van der Waals surface area contributed by atoms with Gasteiger partial charge in [-0.25, -0.2) is 0 Å². The minimum absolute atomic E-state index is 0.0631. The zero-order chi connectivity index (χ0) is 11.6. The highest BCUT2D eigenvalue weighted by molar-refractivity contribution is 6.05. The van der Waals surface area contributed by atoms with Gasteiger partial charge in [-0.15, -0.1) is 0 Å². The largest absolute Gasteiger partial charge is 0.300 e. The lowest BCUT2D eigenvalue weighted by Crippen LogP contribution is -2.49. The van der Waals surface area contributed by atoms with Crippen LogP contribution < -0.4 is 5.32 Å². The quantitative estimate of drug-likeness (QED) is 0.705. The molecule has 1 atom stereocenters. The van der Waals surface area contributed by atoms with Gasteiger partial charge in [0.2, 0.25) is 11.8 Å². The average molecular weight is 212 g/mol. The van der Waals surface area contributed by atoms with E-state index in [0.29, 0.717) is 13.0 Å². The van der Waals surface area contributed by atoms with Gasteiger partial charge in [0.15, 0.2) is 0 Å². The summed E-state index contributed by atoms with van der Waals surface area (Å²) in [7, 11) is 0. The van der Waals surface area contributed by atoms with Crippen molar-refractivity contribution >= 4 is 11.8 Å². The summed E-state index contributed by atoms with van der Waals surface area (Å²) >= 11 is 0. The molecular weight excluding hydrogens is 192 g/mol. The molecule has 1 unspecified atom stereocenters. The molecule has 86 valence electrons. The van der Waals surface area contributed by atoms with Crippen LogP contribution in [0.15, 0.2) is 0 Å². The third-order valence-corrected chi connectivity index (χ3v) is 3.01. The Morgan fingerprint density at radius 3 is 2.40 bits per heavy atom. The summed E-state index contributed by atoms with van der Waals surface area (Å²) in [6, 6.07) is -0.326. The molecule has 1 N–H and O–H groups in total. The van der Waals surface area contributed by atoms with E-state index in [4.69, 9.17) is 0 Å². The molecule has 0 aromatic rings. The Kier molecular flexibility index (Phi) is 3.50. The van der Waals surface area contributed by atoms with Gasteiger partial charge in [-0.1, -0.05) is 6.92 Å². The van der Waals surface area contributed by atoms with Gasteiger partial charge in [-0.2, -0.15) is 0 Å². The van der Waals surface area contributed by atoms with Crippen molar-refractivity contribution in [1.82, 2.24) is 10.2 Å². The van der Waals surface area contributed by atoms with Crippen molar-refractivity contribution in [2.75, 3.05) is 6.54 Å². The van der Waals surface area contributed by atoms with Gasteiger partial charge in [0, 0.05) is 12.1 Å². The number of likely N-dealkylation sites (N-methyl/N-ethyl adjacent to an activating group) is 1. The number of carbonyl (C=O) groups excluding carboxylic acids is 2. The summed E-state index contributed by atoms with van der Waals surface area (Å²) in [5.41, 5.74) is -0.0929. The molecule has 1 aliphatic heterocycles. The normalized spacial score (nSPS) is 22.7. The van der Waals surface area contributed by atoms with Gasteiger partial charge in [0.05, 0.1) is 12.5 Å². The zero-order valence-corrected chi connectivity index (χ0v) is 9.96. The number of likely N-dealkylation sites (tertiary alicyclic amines) is 1. The lowest BCUT2D eigenvalue weighted by Gasteiger charge is -2.27. The number of hydrogen-bond acceptors (Lipinski definition) is 3. The highest BCUT2D eigenvalue weighted by atomic mass is 16.2. The van der Waals surface area contributed by atoms with Gasteiger partial charge >= 0.3 is 0 Å². The monoisotopic (exact) mass is 212 g/mol. The fraction of sp³-hybridized carbons (Fsp3) is 0.818. The molecule has 0 saturated carbocycles. The molecule has 15 heavy (non-hydrogen) atoms. The van der Waals surface area contributed by atoms with E-state index in [0.717, 1.165) is 6.42 Å². The maximum absolute atomic E-state index is 11.8. The standard InChI is InChI=1S/C11H20N2O2/c1-5-11(3,4)12-8-7-9(14)13(6-2)10(8)15/h8,12H,5-7H2,1-4H3. The van der Waals surface area contributed by atoms with Crippen LogP contribution in [0.4, 0.5) is 0 Å². The van der Waals surface area contributed by atoms with Crippen LogP contribution in [0, 0.1) is 0 Å². The van der Waals surface area contributed by atoms with Crippen LogP contribution >= 0.6 is 0 Å². The number of nitrogens with zero attached hydrogens (tertiary/aromatic N) is 1. The SMILES string of the molecule is CCN1C(=O)CC(NC(C)(C)CC)C1=O. The molecule has 0 aliphatic carbocycles. The van der Waals surface area contributed by atoms with E-state index in [2.05, 4.69) is 12.2 Å². The number of carbonyl (C=O) groups is 2. The van der Waals surface area contributed by atoms with E-state index in [1.807, 2.05) is 20.8 Å². The molecule has 1 fully saturated rings. The number of rotatable bonds is 4. The van der Waals surface area contributed by atoms with Crippen molar-refractivity contribution in [3.63, 3.8) is 0 Å². The van der Waals surface area contributed by atoms with Crippen molar-refractivity contribution < 1.29 is 9.59 Å². The van der Waals surface area contributed by atoms with Crippen LogP contribution in [-0.4, -0.2) is 34.8 Å². The molecule has 4 heteroatoms. The first-order chi connectivity index (χ1) is 6.91. The maximum atomic E-state index is 11.8. The molecule has 1 rings (SSSR count). The number of imide groups is 1. The first-order valence-corrected chi connectivity index (χ1v) is 5.53. The molecule has 1 heterocycles. The van der Waals surface area contributed by atoms with Crippen molar-refractivity contribution in [1.29, 1.82) is 0 Å². The van der Waals surface area contributed by atoms with Crippen molar-refractivity contribution in [3.8, 4) is 0 Å². The Labute approximate surface area is 91.0 Å². The van der Waals surface area contributed by atoms with Crippen LogP contribution in [0.5, 0.6) is 0 Å². The molecule has 2 amide bonds. The maximum Gasteiger partial charge on any atom is 0.246 e. The van der Waals surface area contributed by atoms with Crippen LogP contribution in [0.2, 0.25) is 0 Å². The Morgan fingerprint density at radius 1 is 1.40 bits per heavy atom. The third-order valence-electron chi connectivity index (χ3n) is 3.01. The molecule has 1 saturated heterocycles.